The molecule has 5 N–H and O–H groups in total. The van der Waals surface area contributed by atoms with Gasteiger partial charge in [0.1, 0.15) is 41.5 Å². The zero-order valence-corrected chi connectivity index (χ0v) is 20.2. The molecule has 37 heavy (non-hydrogen) atoms. The van der Waals surface area contributed by atoms with E-state index in [1.54, 1.807) is 12.3 Å². The predicted molar refractivity (Wildman–Crippen MR) is 127 cm³/mol. The molecular formula is C26H28O11. The average Bonchev–Trinajstić information content (AvgIpc) is 3.37. The highest BCUT2D eigenvalue weighted by Crippen LogP contribution is 2.38. The fraction of sp³-hybridized carbons (Fsp3) is 0.385. The van der Waals surface area contributed by atoms with E-state index in [1.807, 2.05) is 18.2 Å². The van der Waals surface area contributed by atoms with E-state index >= 15 is 0 Å². The average molecular weight is 516 g/mol. The van der Waals surface area contributed by atoms with Crippen LogP contribution < -0.4 is 4.74 Å². The topological polar surface area (TPSA) is 176 Å². The van der Waals surface area contributed by atoms with Gasteiger partial charge in [0.15, 0.2) is 5.78 Å². The van der Waals surface area contributed by atoms with Crippen LogP contribution in [0.3, 0.4) is 0 Å². The summed E-state index contributed by atoms with van der Waals surface area (Å²) >= 11 is 0. The molecule has 1 aliphatic rings. The summed E-state index contributed by atoms with van der Waals surface area (Å²) < 4.78 is 20.4. The molecule has 1 aliphatic heterocycles. The summed E-state index contributed by atoms with van der Waals surface area (Å²) in [5.41, 5.74) is -1.02. The van der Waals surface area contributed by atoms with E-state index in [-0.39, 0.29) is 29.0 Å². The molecule has 1 fully saturated rings. The van der Waals surface area contributed by atoms with Crippen LogP contribution in [0.15, 0.2) is 47.1 Å². The van der Waals surface area contributed by atoms with Crippen molar-refractivity contribution in [1.82, 2.24) is 0 Å². The van der Waals surface area contributed by atoms with Gasteiger partial charge in [-0.3, -0.25) is 4.79 Å². The third-order valence-electron chi connectivity index (χ3n) is 6.62. The number of benzene rings is 2. The van der Waals surface area contributed by atoms with Crippen LogP contribution in [0.5, 0.6) is 11.5 Å². The smallest absolute Gasteiger partial charge is 0.343 e. The fourth-order valence-electron chi connectivity index (χ4n) is 4.46. The molecule has 0 amide bonds. The second-order valence-electron chi connectivity index (χ2n) is 8.90. The number of furan rings is 1. The lowest BCUT2D eigenvalue weighted by molar-refractivity contribution is -0.255. The number of Topliss-reactive ketones (excluding diaryl/α,β-unsaturated/α-hetero) is 1. The lowest BCUT2D eigenvalue weighted by atomic mass is 9.84. The fourth-order valence-corrected chi connectivity index (χ4v) is 4.46. The van der Waals surface area contributed by atoms with Crippen molar-refractivity contribution in [2.45, 2.75) is 42.9 Å². The van der Waals surface area contributed by atoms with Crippen LogP contribution in [0, 0.1) is 0 Å². The van der Waals surface area contributed by atoms with E-state index in [9.17, 15) is 35.1 Å². The van der Waals surface area contributed by atoms with E-state index in [2.05, 4.69) is 4.74 Å². The number of rotatable bonds is 8. The van der Waals surface area contributed by atoms with Crippen LogP contribution in [0.2, 0.25) is 0 Å². The zero-order chi connectivity index (χ0) is 26.9. The van der Waals surface area contributed by atoms with Crippen molar-refractivity contribution in [2.75, 3.05) is 20.8 Å². The number of ether oxygens (including phenoxy) is 3. The second kappa shape index (κ2) is 10.5. The number of fused-ring (bicyclic) bond motifs is 1. The highest BCUT2D eigenvalue weighted by atomic mass is 16.6. The maximum atomic E-state index is 13.0. The Balaban J connectivity index is 1.55. The largest absolute Gasteiger partial charge is 0.507 e. The monoisotopic (exact) mass is 516 g/mol. The van der Waals surface area contributed by atoms with Gasteiger partial charge in [0, 0.05) is 23.4 Å². The predicted octanol–water partition coefficient (Wildman–Crippen LogP) is 1.02. The van der Waals surface area contributed by atoms with Crippen LogP contribution in [0.25, 0.3) is 11.0 Å². The van der Waals surface area contributed by atoms with Gasteiger partial charge >= 0.3 is 5.97 Å². The maximum Gasteiger partial charge on any atom is 0.343 e. The minimum Gasteiger partial charge on any atom is -0.507 e. The van der Waals surface area contributed by atoms with E-state index in [4.69, 9.17) is 13.9 Å². The molecular weight excluding hydrogens is 488 g/mol. The third-order valence-corrected chi connectivity index (χ3v) is 6.62. The molecule has 1 saturated heterocycles. The van der Waals surface area contributed by atoms with Gasteiger partial charge in [0.05, 0.1) is 32.7 Å². The van der Waals surface area contributed by atoms with Gasteiger partial charge in [0.25, 0.3) is 0 Å². The molecule has 11 nitrogen and oxygen atoms in total. The summed E-state index contributed by atoms with van der Waals surface area (Å²) in [6.45, 7) is -0.771. The summed E-state index contributed by atoms with van der Waals surface area (Å²) in [5, 5.41) is 53.7. The molecule has 4 rings (SSSR count). The number of carbonyl (C=O) groups is 2. The number of esters is 1. The molecule has 0 saturated carbocycles. The van der Waals surface area contributed by atoms with Gasteiger partial charge in [-0.05, 0) is 36.2 Å². The lowest BCUT2D eigenvalue weighted by Crippen LogP contribution is -2.66. The number of aliphatic hydroxyl groups excluding tert-OH is 3. The summed E-state index contributed by atoms with van der Waals surface area (Å²) in [6, 6.07) is 9.74. The second-order valence-corrected chi connectivity index (χ2v) is 8.90. The number of phenols is 1. The Labute approximate surface area is 211 Å². The summed E-state index contributed by atoms with van der Waals surface area (Å²) in [5.74, 6) is -2.00. The van der Waals surface area contributed by atoms with Crippen molar-refractivity contribution in [2.24, 2.45) is 0 Å². The molecule has 5 atom stereocenters. The van der Waals surface area contributed by atoms with Crippen molar-refractivity contribution >= 4 is 22.7 Å². The Kier molecular flexibility index (Phi) is 7.53. The number of hydrogen-bond acceptors (Lipinski definition) is 11. The normalized spacial score (nSPS) is 24.5. The Morgan fingerprint density at radius 2 is 1.92 bits per heavy atom. The number of aryl methyl sites for hydroxylation is 1. The quantitative estimate of drug-likeness (QED) is 0.213. The van der Waals surface area contributed by atoms with Gasteiger partial charge in [-0.15, -0.1) is 0 Å². The standard InChI is InChI=1S/C26H28O11/c1-34-20-11-18(28)15(17(27)5-3-13-4-6-19-14(9-13)7-8-36-19)10-16(20)21(29)23-22(30)24(31)26(33,12-37-23)25(32)35-2/h4,6-11,21-24,28-31,33H,3,5,12H2,1-2H3/t21?,22-,23-,24+,26+/m1/s1. The van der Waals surface area contributed by atoms with Crippen LogP contribution in [-0.4, -0.2) is 82.0 Å². The molecule has 3 aromatic rings. The SMILES string of the molecule is COC(=O)[C@]1(O)CO[C@H](C(O)c2cc(C(=O)CCc3ccc4occc4c3)c(O)cc2OC)[C@@H](O)[C@@H]1O. The third kappa shape index (κ3) is 4.91. The Morgan fingerprint density at radius 3 is 2.62 bits per heavy atom. The zero-order valence-electron chi connectivity index (χ0n) is 20.2. The number of phenolic OH excluding ortho intramolecular Hbond substituents is 1. The first-order valence-corrected chi connectivity index (χ1v) is 11.5. The number of methoxy groups -OCH3 is 2. The molecule has 0 spiro atoms. The minimum atomic E-state index is -2.54. The molecule has 2 aromatic carbocycles. The lowest BCUT2D eigenvalue weighted by Gasteiger charge is -2.42. The van der Waals surface area contributed by atoms with Crippen molar-refractivity contribution in [3.63, 3.8) is 0 Å². The van der Waals surface area contributed by atoms with Crippen molar-refractivity contribution in [1.29, 1.82) is 0 Å². The Hall–Kier alpha value is -3.48. The van der Waals surface area contributed by atoms with Crippen LogP contribution >= 0.6 is 0 Å². The minimum absolute atomic E-state index is 0.00828. The Bertz CT molecular complexity index is 1300. The molecule has 2 heterocycles. The molecule has 1 aromatic heterocycles. The number of ketones is 1. The summed E-state index contributed by atoms with van der Waals surface area (Å²) in [7, 11) is 2.28. The van der Waals surface area contributed by atoms with Gasteiger partial charge in [-0.25, -0.2) is 4.79 Å². The van der Waals surface area contributed by atoms with E-state index in [1.165, 1.54) is 13.2 Å². The molecule has 11 heteroatoms. The van der Waals surface area contributed by atoms with Crippen LogP contribution in [0.1, 0.15) is 34.0 Å². The van der Waals surface area contributed by atoms with E-state index in [0.29, 0.717) is 6.42 Å². The van der Waals surface area contributed by atoms with Gasteiger partial charge in [0.2, 0.25) is 5.60 Å². The van der Waals surface area contributed by atoms with Gasteiger partial charge in [-0.1, -0.05) is 6.07 Å². The van der Waals surface area contributed by atoms with E-state index in [0.717, 1.165) is 29.7 Å². The maximum absolute atomic E-state index is 13.0. The van der Waals surface area contributed by atoms with Crippen molar-refractivity contribution < 1.29 is 53.7 Å². The van der Waals surface area contributed by atoms with Crippen LogP contribution in [-0.2, 0) is 20.7 Å². The molecule has 0 bridgehead atoms. The number of carbonyl (C=O) groups excluding carboxylic acids is 2. The number of hydrogen-bond donors (Lipinski definition) is 5. The van der Waals surface area contributed by atoms with Crippen LogP contribution in [0.4, 0.5) is 0 Å². The summed E-state index contributed by atoms with van der Waals surface area (Å²) in [6.07, 6.45) is -5.13. The van der Waals surface area contributed by atoms with Gasteiger partial charge in [-0.2, -0.15) is 0 Å². The summed E-state index contributed by atoms with van der Waals surface area (Å²) in [4.78, 5) is 24.9. The molecule has 0 aliphatic carbocycles. The van der Waals surface area contributed by atoms with Crippen molar-refractivity contribution in [3.05, 3.63) is 59.4 Å². The molecule has 0 radical (unpaired) electrons. The number of aromatic hydroxyl groups is 1. The molecule has 198 valence electrons. The Morgan fingerprint density at radius 1 is 1.16 bits per heavy atom. The first-order valence-electron chi connectivity index (χ1n) is 11.5. The van der Waals surface area contributed by atoms with Gasteiger partial charge < -0.3 is 44.2 Å². The highest BCUT2D eigenvalue weighted by molar-refractivity contribution is 5.99. The number of aliphatic hydroxyl groups is 4. The highest BCUT2D eigenvalue weighted by Gasteiger charge is 2.56. The van der Waals surface area contributed by atoms with Crippen molar-refractivity contribution in [3.8, 4) is 11.5 Å². The molecule has 1 unspecified atom stereocenters. The first kappa shape index (κ1) is 26.6. The first-order chi connectivity index (χ1) is 17.6. The van der Waals surface area contributed by atoms with E-state index < -0.39 is 48.4 Å².